The molecule has 3 rings (SSSR count). The van der Waals surface area contributed by atoms with E-state index in [2.05, 4.69) is 14.9 Å². The van der Waals surface area contributed by atoms with Crippen molar-refractivity contribution in [2.24, 2.45) is 0 Å². The fourth-order valence-electron chi connectivity index (χ4n) is 3.03. The number of benzene rings is 1. The molecule has 0 N–H and O–H groups in total. The summed E-state index contributed by atoms with van der Waals surface area (Å²) in [6.07, 6.45) is 0.810. The Hall–Kier alpha value is -2.05. The number of nitrogens with zero attached hydrogens (tertiary/aromatic N) is 3. The normalized spacial score (nSPS) is 18.3. The monoisotopic (exact) mass is 345 g/mol. The quantitative estimate of drug-likeness (QED) is 0.753. The molecule has 134 valence electrons. The van der Waals surface area contributed by atoms with Crippen molar-refractivity contribution < 1.29 is 13.9 Å². The van der Waals surface area contributed by atoms with Gasteiger partial charge in [0.25, 0.3) is 0 Å². The lowest BCUT2D eigenvalue weighted by Gasteiger charge is -2.32. The van der Waals surface area contributed by atoms with E-state index in [0.29, 0.717) is 19.0 Å². The van der Waals surface area contributed by atoms with Crippen LogP contribution in [-0.4, -0.2) is 47.7 Å². The predicted molar refractivity (Wildman–Crippen MR) is 93.2 cm³/mol. The van der Waals surface area contributed by atoms with E-state index in [-0.39, 0.29) is 11.9 Å². The number of morpholine rings is 1. The van der Waals surface area contributed by atoms with Crippen LogP contribution >= 0.6 is 0 Å². The number of ether oxygens (including phenoxy) is 2. The second-order valence-corrected chi connectivity index (χ2v) is 6.27. The molecule has 1 saturated heterocycles. The first kappa shape index (κ1) is 17.8. The molecule has 1 fully saturated rings. The zero-order chi connectivity index (χ0) is 17.6. The molecule has 1 aliphatic rings. The zero-order valence-electron chi connectivity index (χ0n) is 14.7. The molecule has 2 heterocycles. The van der Waals surface area contributed by atoms with Crippen molar-refractivity contribution >= 4 is 0 Å². The van der Waals surface area contributed by atoms with Gasteiger partial charge in [0.05, 0.1) is 18.9 Å². The van der Waals surface area contributed by atoms with Crippen molar-refractivity contribution in [3.63, 3.8) is 0 Å². The largest absolute Gasteiger partial charge is 0.490 e. The lowest BCUT2D eigenvalue weighted by Crippen LogP contribution is -2.39. The molecular formula is C19H24FN3O2. The Balaban J connectivity index is 1.48. The summed E-state index contributed by atoms with van der Waals surface area (Å²) in [5.41, 5.74) is 1.90. The van der Waals surface area contributed by atoms with Crippen molar-refractivity contribution in [1.82, 2.24) is 14.9 Å². The van der Waals surface area contributed by atoms with Crippen LogP contribution in [0.2, 0.25) is 0 Å². The van der Waals surface area contributed by atoms with E-state index in [1.165, 1.54) is 6.07 Å². The molecule has 1 aliphatic heterocycles. The topological polar surface area (TPSA) is 47.5 Å². The number of rotatable bonds is 6. The second kappa shape index (κ2) is 8.36. The van der Waals surface area contributed by atoms with Crippen LogP contribution in [0.3, 0.4) is 0 Å². The van der Waals surface area contributed by atoms with Gasteiger partial charge in [0.1, 0.15) is 11.9 Å². The van der Waals surface area contributed by atoms with Crippen LogP contribution in [0.5, 0.6) is 5.75 Å². The molecule has 0 saturated carbocycles. The molecule has 0 radical (unpaired) electrons. The van der Waals surface area contributed by atoms with Crippen LogP contribution in [0.15, 0.2) is 30.3 Å². The van der Waals surface area contributed by atoms with Crippen LogP contribution in [0.4, 0.5) is 4.39 Å². The van der Waals surface area contributed by atoms with Gasteiger partial charge in [0.2, 0.25) is 0 Å². The summed E-state index contributed by atoms with van der Waals surface area (Å²) < 4.78 is 24.9. The molecule has 6 heteroatoms. The van der Waals surface area contributed by atoms with Crippen molar-refractivity contribution in [3.8, 4) is 5.75 Å². The van der Waals surface area contributed by atoms with Crippen LogP contribution in [-0.2, 0) is 4.74 Å². The van der Waals surface area contributed by atoms with Gasteiger partial charge in [-0.25, -0.2) is 14.4 Å². The van der Waals surface area contributed by atoms with Gasteiger partial charge in [-0.15, -0.1) is 0 Å². The molecule has 1 atom stereocenters. The van der Waals surface area contributed by atoms with E-state index < -0.39 is 0 Å². The highest BCUT2D eigenvalue weighted by molar-refractivity contribution is 5.23. The highest BCUT2D eigenvalue weighted by atomic mass is 19.1. The van der Waals surface area contributed by atoms with E-state index in [4.69, 9.17) is 9.47 Å². The first-order valence-electron chi connectivity index (χ1n) is 8.65. The lowest BCUT2D eigenvalue weighted by atomic mass is 10.1. The average molecular weight is 345 g/mol. The van der Waals surface area contributed by atoms with E-state index in [1.54, 1.807) is 18.2 Å². The van der Waals surface area contributed by atoms with Gasteiger partial charge < -0.3 is 9.47 Å². The minimum absolute atomic E-state index is 0.0263. The molecule has 0 aliphatic carbocycles. The minimum atomic E-state index is -0.316. The number of hydrogen-bond acceptors (Lipinski definition) is 5. The summed E-state index contributed by atoms with van der Waals surface area (Å²) in [5, 5.41) is 0. The van der Waals surface area contributed by atoms with Crippen LogP contribution in [0.1, 0.15) is 29.7 Å². The summed E-state index contributed by atoms with van der Waals surface area (Å²) in [4.78, 5) is 11.2. The fourth-order valence-corrected chi connectivity index (χ4v) is 3.03. The first-order valence-corrected chi connectivity index (χ1v) is 8.65. The average Bonchev–Trinajstić information content (AvgIpc) is 2.59. The molecule has 1 aromatic carbocycles. The van der Waals surface area contributed by atoms with Gasteiger partial charge in [0, 0.05) is 25.3 Å². The zero-order valence-corrected chi connectivity index (χ0v) is 14.7. The summed E-state index contributed by atoms with van der Waals surface area (Å²) in [6, 6.07) is 8.49. The summed E-state index contributed by atoms with van der Waals surface area (Å²) in [5.74, 6) is 0.770. The highest BCUT2D eigenvalue weighted by Gasteiger charge is 2.23. The summed E-state index contributed by atoms with van der Waals surface area (Å²) >= 11 is 0. The Bertz CT molecular complexity index is 691. The van der Waals surface area contributed by atoms with Gasteiger partial charge >= 0.3 is 0 Å². The number of aromatic nitrogens is 2. The van der Waals surface area contributed by atoms with E-state index in [9.17, 15) is 4.39 Å². The number of hydrogen-bond donors (Lipinski definition) is 0. The maximum Gasteiger partial charge on any atom is 0.165 e. The third kappa shape index (κ3) is 4.96. The SMILES string of the molecule is Cc1cc([C@@H]2CN(CCCOc3ccccc3F)CCO2)nc(C)n1. The van der Waals surface area contributed by atoms with Crippen molar-refractivity contribution in [2.75, 3.05) is 32.8 Å². The van der Waals surface area contributed by atoms with Gasteiger partial charge in [-0.3, -0.25) is 4.90 Å². The molecular weight excluding hydrogens is 321 g/mol. The Kier molecular flexibility index (Phi) is 5.94. The minimum Gasteiger partial charge on any atom is -0.490 e. The number of para-hydroxylation sites is 1. The molecule has 0 bridgehead atoms. The summed E-state index contributed by atoms with van der Waals surface area (Å²) in [7, 11) is 0. The van der Waals surface area contributed by atoms with Crippen molar-refractivity contribution in [3.05, 3.63) is 53.4 Å². The molecule has 0 spiro atoms. The summed E-state index contributed by atoms with van der Waals surface area (Å²) in [6.45, 7) is 7.62. The predicted octanol–water partition coefficient (Wildman–Crippen LogP) is 3.07. The number of halogens is 1. The smallest absolute Gasteiger partial charge is 0.165 e. The number of aryl methyl sites for hydroxylation is 2. The van der Waals surface area contributed by atoms with E-state index >= 15 is 0 Å². The Labute approximate surface area is 147 Å². The third-order valence-corrected chi connectivity index (χ3v) is 4.18. The standard InChI is InChI=1S/C19H24FN3O2/c1-14-12-17(22-15(2)21-14)19-13-23(9-11-25-19)8-5-10-24-18-7-4-3-6-16(18)20/h3-4,6-7,12,19H,5,8-11,13H2,1-2H3/t19-/m0/s1. The van der Waals surface area contributed by atoms with Gasteiger partial charge in [-0.1, -0.05) is 12.1 Å². The van der Waals surface area contributed by atoms with Crippen LogP contribution < -0.4 is 4.74 Å². The second-order valence-electron chi connectivity index (χ2n) is 6.27. The maximum absolute atomic E-state index is 13.5. The molecule has 0 amide bonds. The molecule has 5 nitrogen and oxygen atoms in total. The van der Waals surface area contributed by atoms with Crippen LogP contribution in [0, 0.1) is 19.7 Å². The van der Waals surface area contributed by atoms with Crippen LogP contribution in [0.25, 0.3) is 0 Å². The molecule has 25 heavy (non-hydrogen) atoms. The van der Waals surface area contributed by atoms with Gasteiger partial charge in [-0.05, 0) is 38.5 Å². The molecule has 2 aromatic rings. The van der Waals surface area contributed by atoms with E-state index in [1.807, 2.05) is 19.9 Å². The van der Waals surface area contributed by atoms with E-state index in [0.717, 1.165) is 43.3 Å². The van der Waals surface area contributed by atoms with Gasteiger partial charge in [-0.2, -0.15) is 0 Å². The van der Waals surface area contributed by atoms with Crippen molar-refractivity contribution in [1.29, 1.82) is 0 Å². The third-order valence-electron chi connectivity index (χ3n) is 4.18. The molecule has 1 aromatic heterocycles. The van der Waals surface area contributed by atoms with Crippen molar-refractivity contribution in [2.45, 2.75) is 26.4 Å². The first-order chi connectivity index (χ1) is 12.1. The molecule has 0 unspecified atom stereocenters. The Morgan fingerprint density at radius 1 is 1.28 bits per heavy atom. The fraction of sp³-hybridized carbons (Fsp3) is 0.474. The Morgan fingerprint density at radius 3 is 2.92 bits per heavy atom. The lowest BCUT2D eigenvalue weighted by molar-refractivity contribution is -0.0332. The van der Waals surface area contributed by atoms with Gasteiger partial charge in [0.15, 0.2) is 11.6 Å². The highest BCUT2D eigenvalue weighted by Crippen LogP contribution is 2.21. The maximum atomic E-state index is 13.5. The Morgan fingerprint density at radius 2 is 2.12 bits per heavy atom.